The summed E-state index contributed by atoms with van der Waals surface area (Å²) < 4.78 is 24.7. The van der Waals surface area contributed by atoms with Gasteiger partial charge in [-0.05, 0) is 42.5 Å². The second-order valence-corrected chi connectivity index (χ2v) is 9.85. The Kier molecular flexibility index (Phi) is 5.12. The number of benzene rings is 3. The van der Waals surface area contributed by atoms with Gasteiger partial charge in [0.2, 0.25) is 0 Å². The summed E-state index contributed by atoms with van der Waals surface area (Å²) in [4.78, 5) is 17.5. The number of hydrogen-bond acceptors (Lipinski definition) is 5. The summed E-state index contributed by atoms with van der Waals surface area (Å²) in [6.07, 6.45) is 1.08. The van der Waals surface area contributed by atoms with Crippen molar-refractivity contribution >= 4 is 54.6 Å². The highest BCUT2D eigenvalue weighted by Crippen LogP contribution is 2.34. The fourth-order valence-electron chi connectivity index (χ4n) is 2.86. The van der Waals surface area contributed by atoms with Crippen LogP contribution in [0.5, 0.6) is 0 Å². The first-order valence-electron chi connectivity index (χ1n) is 8.59. The lowest BCUT2D eigenvalue weighted by molar-refractivity contribution is 0.102. The third-order valence-electron chi connectivity index (χ3n) is 4.31. The molecule has 0 spiro atoms. The van der Waals surface area contributed by atoms with E-state index >= 15 is 0 Å². The van der Waals surface area contributed by atoms with E-state index in [-0.39, 0.29) is 15.5 Å². The van der Waals surface area contributed by atoms with Crippen LogP contribution >= 0.6 is 22.9 Å². The number of thiazole rings is 1. The van der Waals surface area contributed by atoms with E-state index in [1.54, 1.807) is 12.1 Å². The van der Waals surface area contributed by atoms with E-state index < -0.39 is 15.7 Å². The highest BCUT2D eigenvalue weighted by Gasteiger charge is 2.18. The van der Waals surface area contributed by atoms with E-state index in [9.17, 15) is 13.2 Å². The number of para-hydroxylation sites is 2. The molecule has 0 fully saturated rings. The number of nitrogens with zero attached hydrogens (tertiary/aromatic N) is 1. The number of aromatic nitrogens is 1. The van der Waals surface area contributed by atoms with Gasteiger partial charge in [-0.25, -0.2) is 13.4 Å². The standard InChI is InChI=1S/C21H15ClN2O3S2/c1-29(26,27)13-10-11-16(22)15(12-13)20(25)23-17-7-3-2-6-14(17)21-24-18-8-4-5-9-19(18)28-21/h2-12H,1H3,(H,23,25). The van der Waals surface area contributed by atoms with Gasteiger partial charge in [0.15, 0.2) is 9.84 Å². The summed E-state index contributed by atoms with van der Waals surface area (Å²) in [5.41, 5.74) is 2.32. The maximum atomic E-state index is 12.9. The first-order chi connectivity index (χ1) is 13.8. The van der Waals surface area contributed by atoms with Crippen LogP contribution in [-0.2, 0) is 9.84 Å². The van der Waals surface area contributed by atoms with Crippen molar-refractivity contribution in [1.82, 2.24) is 4.98 Å². The molecule has 1 N–H and O–H groups in total. The zero-order valence-corrected chi connectivity index (χ0v) is 17.6. The number of halogens is 1. The zero-order valence-electron chi connectivity index (χ0n) is 15.2. The number of hydrogen-bond donors (Lipinski definition) is 1. The van der Waals surface area contributed by atoms with E-state index in [0.717, 1.165) is 27.0 Å². The number of fused-ring (bicyclic) bond motifs is 1. The molecule has 0 bridgehead atoms. The van der Waals surface area contributed by atoms with Crippen molar-refractivity contribution in [2.45, 2.75) is 4.90 Å². The average molecular weight is 443 g/mol. The molecule has 1 aromatic heterocycles. The molecule has 146 valence electrons. The van der Waals surface area contributed by atoms with Crippen molar-refractivity contribution in [1.29, 1.82) is 0 Å². The van der Waals surface area contributed by atoms with Crippen LogP contribution in [0.15, 0.2) is 71.6 Å². The fraction of sp³-hybridized carbons (Fsp3) is 0.0476. The number of sulfone groups is 1. The van der Waals surface area contributed by atoms with Gasteiger partial charge >= 0.3 is 0 Å². The Bertz CT molecular complexity index is 1310. The lowest BCUT2D eigenvalue weighted by Gasteiger charge is -2.11. The molecule has 0 radical (unpaired) electrons. The number of anilines is 1. The quantitative estimate of drug-likeness (QED) is 0.467. The molecule has 0 unspecified atom stereocenters. The Balaban J connectivity index is 1.72. The molecule has 5 nitrogen and oxygen atoms in total. The fourth-order valence-corrected chi connectivity index (χ4v) is 4.72. The van der Waals surface area contributed by atoms with Gasteiger partial charge in [0.05, 0.1) is 31.4 Å². The van der Waals surface area contributed by atoms with Crippen molar-refractivity contribution < 1.29 is 13.2 Å². The summed E-state index contributed by atoms with van der Waals surface area (Å²) in [5, 5.41) is 3.79. The lowest BCUT2D eigenvalue weighted by Crippen LogP contribution is -2.14. The van der Waals surface area contributed by atoms with E-state index in [0.29, 0.717) is 5.69 Å². The second-order valence-electron chi connectivity index (χ2n) is 6.40. The smallest absolute Gasteiger partial charge is 0.257 e. The maximum absolute atomic E-state index is 12.9. The van der Waals surface area contributed by atoms with Crippen LogP contribution in [0.3, 0.4) is 0 Å². The van der Waals surface area contributed by atoms with Crippen molar-refractivity contribution in [3.05, 3.63) is 77.3 Å². The predicted molar refractivity (Wildman–Crippen MR) is 118 cm³/mol. The molecule has 4 rings (SSSR count). The normalized spacial score (nSPS) is 11.5. The molecule has 29 heavy (non-hydrogen) atoms. The highest BCUT2D eigenvalue weighted by atomic mass is 35.5. The number of nitrogens with one attached hydrogen (secondary N) is 1. The first kappa shape index (κ1) is 19.6. The molecule has 1 heterocycles. The van der Waals surface area contributed by atoms with Crippen LogP contribution in [0.25, 0.3) is 20.8 Å². The first-order valence-corrected chi connectivity index (χ1v) is 11.7. The molecule has 0 saturated heterocycles. The SMILES string of the molecule is CS(=O)(=O)c1ccc(Cl)c(C(=O)Nc2ccccc2-c2nc3ccccc3s2)c1. The van der Waals surface area contributed by atoms with Gasteiger partial charge in [-0.15, -0.1) is 11.3 Å². The highest BCUT2D eigenvalue weighted by molar-refractivity contribution is 7.90. The third-order valence-corrected chi connectivity index (χ3v) is 6.82. The van der Waals surface area contributed by atoms with Crippen LogP contribution < -0.4 is 5.32 Å². The Morgan fingerprint density at radius 1 is 1.03 bits per heavy atom. The van der Waals surface area contributed by atoms with Gasteiger partial charge in [-0.3, -0.25) is 4.79 Å². The number of rotatable bonds is 4. The van der Waals surface area contributed by atoms with Gasteiger partial charge in [-0.2, -0.15) is 0 Å². The molecule has 4 aromatic rings. The van der Waals surface area contributed by atoms with Crippen LogP contribution in [-0.4, -0.2) is 25.6 Å². The van der Waals surface area contributed by atoms with Crippen LogP contribution in [0.2, 0.25) is 5.02 Å². The van der Waals surface area contributed by atoms with E-state index in [1.807, 2.05) is 36.4 Å². The van der Waals surface area contributed by atoms with E-state index in [4.69, 9.17) is 11.6 Å². The van der Waals surface area contributed by atoms with Crippen molar-refractivity contribution in [3.8, 4) is 10.6 Å². The Morgan fingerprint density at radius 2 is 1.76 bits per heavy atom. The van der Waals surface area contributed by atoms with E-state index in [1.165, 1.54) is 29.5 Å². The molecule has 1 amide bonds. The van der Waals surface area contributed by atoms with Crippen LogP contribution in [0.1, 0.15) is 10.4 Å². The topological polar surface area (TPSA) is 76.1 Å². The minimum absolute atomic E-state index is 0.0338. The molecule has 0 aliphatic rings. The minimum atomic E-state index is -3.46. The summed E-state index contributed by atoms with van der Waals surface area (Å²) >= 11 is 7.68. The molecule has 0 aliphatic carbocycles. The Hall–Kier alpha value is -2.74. The largest absolute Gasteiger partial charge is 0.321 e. The van der Waals surface area contributed by atoms with E-state index in [2.05, 4.69) is 10.3 Å². The molecular formula is C21H15ClN2O3S2. The molecule has 0 saturated carbocycles. The average Bonchev–Trinajstić information content (AvgIpc) is 3.11. The number of carbonyl (C=O) groups is 1. The van der Waals surface area contributed by atoms with Crippen LogP contribution in [0, 0.1) is 0 Å². The van der Waals surface area contributed by atoms with Gasteiger partial charge < -0.3 is 5.32 Å². The molecule has 8 heteroatoms. The molecular weight excluding hydrogens is 428 g/mol. The molecule has 3 aromatic carbocycles. The lowest BCUT2D eigenvalue weighted by atomic mass is 10.1. The van der Waals surface area contributed by atoms with Crippen LogP contribution in [0.4, 0.5) is 5.69 Å². The molecule has 0 aliphatic heterocycles. The summed E-state index contributed by atoms with van der Waals surface area (Å²) in [7, 11) is -3.46. The monoisotopic (exact) mass is 442 g/mol. The predicted octanol–water partition coefficient (Wildman–Crippen LogP) is 5.27. The summed E-state index contributed by atoms with van der Waals surface area (Å²) in [5.74, 6) is -0.492. The Labute approximate surface area is 176 Å². The molecule has 0 atom stereocenters. The van der Waals surface area contributed by atoms with Gasteiger partial charge in [0.25, 0.3) is 5.91 Å². The second kappa shape index (κ2) is 7.59. The van der Waals surface area contributed by atoms with Gasteiger partial charge in [-0.1, -0.05) is 35.9 Å². The summed E-state index contributed by atoms with van der Waals surface area (Å²) in [6.45, 7) is 0. The van der Waals surface area contributed by atoms with Crippen molar-refractivity contribution in [3.63, 3.8) is 0 Å². The summed E-state index contributed by atoms with van der Waals surface area (Å²) in [6, 6.07) is 19.2. The van der Waals surface area contributed by atoms with Gasteiger partial charge in [0, 0.05) is 11.8 Å². The van der Waals surface area contributed by atoms with Gasteiger partial charge in [0.1, 0.15) is 5.01 Å². The Morgan fingerprint density at radius 3 is 2.52 bits per heavy atom. The number of amides is 1. The van der Waals surface area contributed by atoms with Crippen molar-refractivity contribution in [2.75, 3.05) is 11.6 Å². The zero-order chi connectivity index (χ0) is 20.6. The number of carbonyl (C=O) groups excluding carboxylic acids is 1. The van der Waals surface area contributed by atoms with Crippen molar-refractivity contribution in [2.24, 2.45) is 0 Å². The maximum Gasteiger partial charge on any atom is 0.257 e. The third kappa shape index (κ3) is 4.03. The minimum Gasteiger partial charge on any atom is -0.321 e.